The van der Waals surface area contributed by atoms with Gasteiger partial charge < -0.3 is 19.7 Å². The predicted molar refractivity (Wildman–Crippen MR) is 98.2 cm³/mol. The van der Waals surface area contributed by atoms with Crippen molar-refractivity contribution in [3.05, 3.63) is 36.2 Å². The topological polar surface area (TPSA) is 95.3 Å². The lowest BCUT2D eigenvalue weighted by molar-refractivity contribution is -0.107. The molecule has 2 atom stereocenters. The minimum atomic E-state index is 0.0408. The lowest BCUT2D eigenvalue weighted by Gasteiger charge is -2.45. The van der Waals surface area contributed by atoms with Crippen molar-refractivity contribution in [1.82, 2.24) is 19.9 Å². The number of aliphatic hydroxyl groups is 1. The second-order valence-corrected chi connectivity index (χ2v) is 6.52. The van der Waals surface area contributed by atoms with Gasteiger partial charge in [-0.2, -0.15) is 0 Å². The van der Waals surface area contributed by atoms with E-state index in [0.717, 1.165) is 31.0 Å². The number of aromatic nitrogens is 4. The van der Waals surface area contributed by atoms with Gasteiger partial charge in [0.05, 0.1) is 13.0 Å². The molecule has 1 saturated heterocycles. The highest BCUT2D eigenvalue weighted by Crippen LogP contribution is 2.25. The van der Waals surface area contributed by atoms with Crippen LogP contribution in [0.1, 0.15) is 25.5 Å². The quantitative estimate of drug-likeness (QED) is 0.754. The average molecular weight is 356 g/mol. The lowest BCUT2D eigenvalue weighted by atomic mass is 10.1. The molecule has 8 heteroatoms. The minimum absolute atomic E-state index is 0.0408. The Bertz CT molecular complexity index is 744. The molecule has 1 aliphatic heterocycles. The van der Waals surface area contributed by atoms with E-state index < -0.39 is 0 Å². The molecule has 138 valence electrons. The van der Waals surface area contributed by atoms with Gasteiger partial charge in [0.2, 0.25) is 0 Å². The number of aldehydes is 1. The number of hydrogen-bond donors (Lipinski definition) is 1. The SMILES string of the molecule is C[C@@H]1CN(c2ccnc(CC=O)n2)C[C@H](C)N1c1ccnc(CCO)n1. The van der Waals surface area contributed by atoms with Crippen molar-refractivity contribution < 1.29 is 9.90 Å². The van der Waals surface area contributed by atoms with Crippen molar-refractivity contribution in [2.75, 3.05) is 29.5 Å². The van der Waals surface area contributed by atoms with Gasteiger partial charge in [-0.25, -0.2) is 19.9 Å². The van der Waals surface area contributed by atoms with E-state index in [1.54, 1.807) is 12.4 Å². The Balaban J connectivity index is 1.78. The highest BCUT2D eigenvalue weighted by atomic mass is 16.3. The maximum absolute atomic E-state index is 10.7. The lowest BCUT2D eigenvalue weighted by Crippen LogP contribution is -2.57. The fourth-order valence-corrected chi connectivity index (χ4v) is 3.45. The van der Waals surface area contributed by atoms with Crippen LogP contribution in [0.3, 0.4) is 0 Å². The van der Waals surface area contributed by atoms with Crippen LogP contribution in [0.2, 0.25) is 0 Å². The molecule has 0 unspecified atom stereocenters. The standard InChI is InChI=1S/C18H24N6O2/c1-13-11-23(17-3-7-19-15(21-17)5-9-25)12-14(2)24(13)18-4-8-20-16(22-18)6-10-26/h3-4,7-9,13-14,26H,5-6,10-12H2,1-2H3/t13-,14+. The fourth-order valence-electron chi connectivity index (χ4n) is 3.45. The summed E-state index contributed by atoms with van der Waals surface area (Å²) in [5.41, 5.74) is 0. The number of carbonyl (C=O) groups is 1. The molecule has 3 heterocycles. The number of piperazine rings is 1. The van der Waals surface area contributed by atoms with Crippen molar-refractivity contribution in [2.24, 2.45) is 0 Å². The third-order valence-electron chi connectivity index (χ3n) is 4.49. The molecule has 0 radical (unpaired) electrons. The molecule has 1 aliphatic rings. The molecule has 2 aromatic rings. The molecule has 8 nitrogen and oxygen atoms in total. The minimum Gasteiger partial charge on any atom is -0.396 e. The summed E-state index contributed by atoms with van der Waals surface area (Å²) in [7, 11) is 0. The van der Waals surface area contributed by atoms with Gasteiger partial charge in [-0.3, -0.25) is 0 Å². The van der Waals surface area contributed by atoms with Crippen LogP contribution < -0.4 is 9.80 Å². The van der Waals surface area contributed by atoms with Crippen molar-refractivity contribution in [3.8, 4) is 0 Å². The summed E-state index contributed by atoms with van der Waals surface area (Å²) < 4.78 is 0. The van der Waals surface area contributed by atoms with Crippen LogP contribution in [-0.4, -0.2) is 63.1 Å². The predicted octanol–water partition coefficient (Wildman–Crippen LogP) is 0.646. The van der Waals surface area contributed by atoms with E-state index in [0.29, 0.717) is 18.1 Å². The van der Waals surface area contributed by atoms with E-state index in [9.17, 15) is 4.79 Å². The summed E-state index contributed by atoms with van der Waals surface area (Å²) in [5, 5.41) is 9.11. The van der Waals surface area contributed by atoms with Gasteiger partial charge in [-0.15, -0.1) is 0 Å². The Kier molecular flexibility index (Phi) is 5.72. The first-order valence-electron chi connectivity index (χ1n) is 8.84. The van der Waals surface area contributed by atoms with E-state index in [4.69, 9.17) is 5.11 Å². The Morgan fingerprint density at radius 1 is 1.08 bits per heavy atom. The first kappa shape index (κ1) is 18.2. The van der Waals surface area contributed by atoms with Gasteiger partial charge >= 0.3 is 0 Å². The maximum Gasteiger partial charge on any atom is 0.137 e. The molecular formula is C18H24N6O2. The Labute approximate surface area is 152 Å². The number of hydrogen-bond acceptors (Lipinski definition) is 8. The second-order valence-electron chi connectivity index (χ2n) is 6.52. The van der Waals surface area contributed by atoms with Gasteiger partial charge in [-0.05, 0) is 26.0 Å². The van der Waals surface area contributed by atoms with Gasteiger partial charge in [0.15, 0.2) is 0 Å². The number of anilines is 2. The van der Waals surface area contributed by atoms with E-state index in [2.05, 4.69) is 43.6 Å². The largest absolute Gasteiger partial charge is 0.396 e. The van der Waals surface area contributed by atoms with Crippen LogP contribution in [0.5, 0.6) is 0 Å². The third kappa shape index (κ3) is 3.96. The maximum atomic E-state index is 10.7. The van der Waals surface area contributed by atoms with Gasteiger partial charge in [0, 0.05) is 44.0 Å². The van der Waals surface area contributed by atoms with Crippen molar-refractivity contribution >= 4 is 17.9 Å². The summed E-state index contributed by atoms with van der Waals surface area (Å²) in [6.45, 7) is 5.94. The van der Waals surface area contributed by atoms with Crippen LogP contribution in [0.15, 0.2) is 24.5 Å². The molecule has 1 fully saturated rings. The molecule has 26 heavy (non-hydrogen) atoms. The van der Waals surface area contributed by atoms with E-state index in [-0.39, 0.29) is 25.1 Å². The normalized spacial score (nSPS) is 20.3. The second kappa shape index (κ2) is 8.18. The zero-order valence-corrected chi connectivity index (χ0v) is 15.1. The van der Waals surface area contributed by atoms with Crippen molar-refractivity contribution in [1.29, 1.82) is 0 Å². The summed E-state index contributed by atoms with van der Waals surface area (Å²) >= 11 is 0. The monoisotopic (exact) mass is 356 g/mol. The van der Waals surface area contributed by atoms with Crippen LogP contribution in [0.25, 0.3) is 0 Å². The van der Waals surface area contributed by atoms with Crippen LogP contribution in [0.4, 0.5) is 11.6 Å². The van der Waals surface area contributed by atoms with Crippen LogP contribution >= 0.6 is 0 Å². The molecule has 3 rings (SSSR count). The zero-order chi connectivity index (χ0) is 18.5. The summed E-state index contributed by atoms with van der Waals surface area (Å²) in [6, 6.07) is 4.24. The molecular weight excluding hydrogens is 332 g/mol. The molecule has 0 spiro atoms. The van der Waals surface area contributed by atoms with Crippen LogP contribution in [-0.2, 0) is 17.6 Å². The smallest absolute Gasteiger partial charge is 0.137 e. The summed E-state index contributed by atoms with van der Waals surface area (Å²) in [6.07, 6.45) is 4.95. The molecule has 0 saturated carbocycles. The Morgan fingerprint density at radius 2 is 1.69 bits per heavy atom. The summed E-state index contributed by atoms with van der Waals surface area (Å²) in [4.78, 5) is 32.7. The number of carbonyl (C=O) groups excluding carboxylic acids is 1. The molecule has 0 aromatic carbocycles. The molecule has 1 N–H and O–H groups in total. The first-order valence-corrected chi connectivity index (χ1v) is 8.84. The zero-order valence-electron chi connectivity index (χ0n) is 15.1. The van der Waals surface area contributed by atoms with E-state index in [1.807, 2.05) is 12.1 Å². The number of rotatable bonds is 6. The van der Waals surface area contributed by atoms with Crippen molar-refractivity contribution in [2.45, 2.75) is 38.8 Å². The van der Waals surface area contributed by atoms with E-state index >= 15 is 0 Å². The molecule has 2 aromatic heterocycles. The van der Waals surface area contributed by atoms with E-state index in [1.165, 1.54) is 0 Å². The number of aliphatic hydroxyl groups excluding tert-OH is 1. The van der Waals surface area contributed by atoms with Gasteiger partial charge in [0.25, 0.3) is 0 Å². The van der Waals surface area contributed by atoms with Gasteiger partial charge in [-0.1, -0.05) is 0 Å². The molecule has 0 aliphatic carbocycles. The first-order chi connectivity index (χ1) is 12.6. The highest BCUT2D eigenvalue weighted by Gasteiger charge is 2.31. The number of nitrogens with zero attached hydrogens (tertiary/aromatic N) is 6. The van der Waals surface area contributed by atoms with Crippen molar-refractivity contribution in [3.63, 3.8) is 0 Å². The summed E-state index contributed by atoms with van der Waals surface area (Å²) in [5.74, 6) is 2.93. The van der Waals surface area contributed by atoms with Crippen LogP contribution in [0, 0.1) is 0 Å². The van der Waals surface area contributed by atoms with Gasteiger partial charge in [0.1, 0.15) is 29.6 Å². The highest BCUT2D eigenvalue weighted by molar-refractivity contribution is 5.53. The average Bonchev–Trinajstić information content (AvgIpc) is 2.62. The molecule has 0 bridgehead atoms. The Hall–Kier alpha value is -2.61. The Morgan fingerprint density at radius 3 is 2.35 bits per heavy atom. The molecule has 0 amide bonds. The fraction of sp³-hybridized carbons (Fsp3) is 0.500. The third-order valence-corrected chi connectivity index (χ3v) is 4.49.